The van der Waals surface area contributed by atoms with Gasteiger partial charge < -0.3 is 49.3 Å². The number of imide groups is 2. The number of amides is 6. The van der Waals surface area contributed by atoms with E-state index in [4.69, 9.17) is 14.2 Å². The highest BCUT2D eigenvalue weighted by Gasteiger charge is 2.36. The Labute approximate surface area is 466 Å². The van der Waals surface area contributed by atoms with Crippen molar-refractivity contribution >= 4 is 68.5 Å². The molecular weight excluding hydrogens is 1010 g/mol. The Morgan fingerprint density at radius 2 is 1.02 bits per heavy atom. The molecule has 1 aliphatic carbocycles. The number of piperazine rings is 2. The number of rotatable bonds is 22. The van der Waals surface area contributed by atoms with Crippen molar-refractivity contribution in [3.05, 3.63) is 143 Å². The van der Waals surface area contributed by atoms with Gasteiger partial charge in [0.2, 0.25) is 5.91 Å². The summed E-state index contributed by atoms with van der Waals surface area (Å²) >= 11 is 0. The average Bonchev–Trinajstić information content (AvgIpc) is 3.83. The summed E-state index contributed by atoms with van der Waals surface area (Å²) in [5, 5.41) is 9.23. The number of carbonyl (C=O) groups is 6. The maximum Gasteiger partial charge on any atom is 0.407 e. The molecule has 2 fully saturated rings. The van der Waals surface area contributed by atoms with Crippen LogP contribution in [0.25, 0.3) is 32.7 Å². The van der Waals surface area contributed by atoms with Crippen LogP contribution < -0.4 is 20.4 Å². The maximum atomic E-state index is 14.2. The van der Waals surface area contributed by atoms with E-state index in [2.05, 4.69) is 68.6 Å². The molecular formula is C62H69N9O9. The lowest BCUT2D eigenvalue weighted by atomic mass is 9.92. The van der Waals surface area contributed by atoms with Crippen LogP contribution in [-0.2, 0) is 19.0 Å². The largest absolute Gasteiger partial charge is 0.449 e. The number of anilines is 2. The number of ether oxygens (including phenoxy) is 3. The molecule has 4 aliphatic heterocycles. The van der Waals surface area contributed by atoms with Crippen LogP contribution in [0.5, 0.6) is 0 Å². The summed E-state index contributed by atoms with van der Waals surface area (Å²) in [4.78, 5) is 96.2. The van der Waals surface area contributed by atoms with Crippen LogP contribution in [0.1, 0.15) is 64.9 Å². The van der Waals surface area contributed by atoms with Crippen LogP contribution >= 0.6 is 0 Å². The first-order valence-electron chi connectivity index (χ1n) is 28.0. The topological polar surface area (TPSA) is 177 Å². The van der Waals surface area contributed by atoms with E-state index >= 15 is 0 Å². The van der Waals surface area contributed by atoms with Crippen LogP contribution in [0, 0.1) is 0 Å². The molecule has 416 valence electrons. The molecule has 0 bridgehead atoms. The second-order valence-corrected chi connectivity index (χ2v) is 21.2. The SMILES string of the molecule is CN1CCN(c2ccc3c4c(cccc24)C(=O)N(CCNCCCN(CCN2C(=O)c4cccc5c(N6CCN(C)CC6)ccc(c45)C2=O)C(=O)COCCOCCNC(=O)OCC2c4ccccc4-c4ccccc42)C3=O)CC1. The Balaban J connectivity index is 0.672. The van der Waals surface area contributed by atoms with Gasteiger partial charge in [0.15, 0.2) is 0 Å². The summed E-state index contributed by atoms with van der Waals surface area (Å²) in [6, 6.07) is 35.2. The molecule has 5 aliphatic rings. The number of likely N-dealkylation sites (N-methyl/N-ethyl adjacent to an activating group) is 2. The minimum atomic E-state index is -0.538. The summed E-state index contributed by atoms with van der Waals surface area (Å²) in [7, 11) is 4.21. The molecule has 0 spiro atoms. The molecule has 18 heteroatoms. The fraction of sp³-hybridized carbons (Fsp3) is 0.387. The Hall–Kier alpha value is -7.74. The summed E-state index contributed by atoms with van der Waals surface area (Å²) < 4.78 is 17.1. The van der Waals surface area contributed by atoms with Gasteiger partial charge in [-0.25, -0.2) is 4.79 Å². The van der Waals surface area contributed by atoms with Gasteiger partial charge in [-0.05, 0) is 85.7 Å². The fourth-order valence-corrected chi connectivity index (χ4v) is 12.0. The lowest BCUT2D eigenvalue weighted by molar-refractivity contribution is -0.136. The van der Waals surface area contributed by atoms with Crippen molar-refractivity contribution < 1.29 is 43.0 Å². The molecule has 0 aromatic heterocycles. The van der Waals surface area contributed by atoms with Gasteiger partial charge in [-0.2, -0.15) is 0 Å². The van der Waals surface area contributed by atoms with E-state index in [1.165, 1.54) is 9.80 Å². The zero-order valence-corrected chi connectivity index (χ0v) is 45.6. The van der Waals surface area contributed by atoms with Crippen LogP contribution in [-0.4, -0.2) is 205 Å². The zero-order chi connectivity index (χ0) is 55.3. The molecule has 0 unspecified atom stereocenters. The smallest absolute Gasteiger partial charge is 0.407 e. The molecule has 6 aromatic carbocycles. The number of nitrogens with zero attached hydrogens (tertiary/aromatic N) is 7. The summed E-state index contributed by atoms with van der Waals surface area (Å²) in [5.41, 5.74) is 8.54. The standard InChI is InChI=1S/C62H69N9O9/c1-65-27-31-67(32-28-65)53-20-18-50-56-46(53)14-7-16-48(56)58(73)70(60(50)75)26-23-63-22-9-25-69(35-36-71-59(74)49-17-8-15-47-54(68-33-29-66(2)30-34-68)21-19-51(57(47)49)61(71)76)55(72)41-79-39-38-78-37-24-64-62(77)80-40-52-44-12-5-3-10-42(44)43-11-4-6-13-45(43)52/h3-8,10-21,52,63H,9,22-41H2,1-2H3,(H,64,77). The van der Waals surface area contributed by atoms with Gasteiger partial charge in [0.05, 0.1) is 19.8 Å². The lowest BCUT2D eigenvalue weighted by Crippen LogP contribution is -2.47. The predicted octanol–water partition coefficient (Wildman–Crippen LogP) is 5.77. The van der Waals surface area contributed by atoms with Gasteiger partial charge in [-0.3, -0.25) is 33.8 Å². The highest BCUT2D eigenvalue weighted by molar-refractivity contribution is 6.28. The fourth-order valence-electron chi connectivity index (χ4n) is 12.0. The van der Waals surface area contributed by atoms with Crippen LogP contribution in [0.2, 0.25) is 0 Å². The first-order valence-corrected chi connectivity index (χ1v) is 28.0. The van der Waals surface area contributed by atoms with Crippen molar-refractivity contribution in [3.63, 3.8) is 0 Å². The normalized spacial score (nSPS) is 16.5. The molecule has 2 N–H and O–H groups in total. The highest BCUT2D eigenvalue weighted by atomic mass is 16.6. The monoisotopic (exact) mass is 1080 g/mol. The third-order valence-corrected chi connectivity index (χ3v) is 16.3. The third-order valence-electron chi connectivity index (χ3n) is 16.3. The zero-order valence-electron chi connectivity index (χ0n) is 45.6. The molecule has 4 heterocycles. The summed E-state index contributed by atoms with van der Waals surface area (Å²) in [6.07, 6.45) is -0.0483. The van der Waals surface area contributed by atoms with Gasteiger partial charge in [0, 0.05) is 153 Å². The highest BCUT2D eigenvalue weighted by Crippen LogP contribution is 2.45. The Kier molecular flexibility index (Phi) is 16.5. The Bertz CT molecular complexity index is 3250. The van der Waals surface area contributed by atoms with E-state index < -0.39 is 17.9 Å². The minimum absolute atomic E-state index is 0.0308. The van der Waals surface area contributed by atoms with Crippen LogP contribution in [0.3, 0.4) is 0 Å². The number of benzene rings is 6. The maximum absolute atomic E-state index is 14.2. The van der Waals surface area contributed by atoms with E-state index in [0.29, 0.717) is 52.5 Å². The molecule has 6 aromatic rings. The molecule has 0 radical (unpaired) electrons. The van der Waals surface area contributed by atoms with Gasteiger partial charge in [-0.15, -0.1) is 0 Å². The number of hydrogen-bond donors (Lipinski definition) is 2. The van der Waals surface area contributed by atoms with Gasteiger partial charge in [0.25, 0.3) is 23.6 Å². The second-order valence-electron chi connectivity index (χ2n) is 21.2. The van der Waals surface area contributed by atoms with Gasteiger partial charge in [0.1, 0.15) is 13.2 Å². The van der Waals surface area contributed by atoms with Crippen molar-refractivity contribution in [2.75, 3.05) is 155 Å². The second kappa shape index (κ2) is 24.3. The Morgan fingerprint density at radius 3 is 1.59 bits per heavy atom. The van der Waals surface area contributed by atoms with Crippen molar-refractivity contribution in [2.24, 2.45) is 0 Å². The van der Waals surface area contributed by atoms with E-state index in [-0.39, 0.29) is 89.4 Å². The van der Waals surface area contributed by atoms with E-state index in [0.717, 1.165) is 96.8 Å². The van der Waals surface area contributed by atoms with Crippen LogP contribution in [0.4, 0.5) is 16.2 Å². The van der Waals surface area contributed by atoms with Crippen molar-refractivity contribution in [1.82, 2.24) is 35.1 Å². The summed E-state index contributed by atoms with van der Waals surface area (Å²) in [5.74, 6) is -1.84. The minimum Gasteiger partial charge on any atom is -0.449 e. The lowest BCUT2D eigenvalue weighted by Gasteiger charge is -2.36. The number of carbonyl (C=O) groups excluding carboxylic acids is 6. The van der Waals surface area contributed by atoms with E-state index in [9.17, 15) is 28.8 Å². The first-order chi connectivity index (χ1) is 39.0. The average molecular weight is 1080 g/mol. The number of hydrogen-bond acceptors (Lipinski definition) is 14. The van der Waals surface area contributed by atoms with Crippen LogP contribution in [0.15, 0.2) is 109 Å². The number of nitrogens with one attached hydrogen (secondary N) is 2. The molecule has 6 amide bonds. The van der Waals surface area contributed by atoms with E-state index in [1.807, 2.05) is 72.8 Å². The third kappa shape index (κ3) is 11.1. The van der Waals surface area contributed by atoms with Gasteiger partial charge in [-0.1, -0.05) is 72.8 Å². The van der Waals surface area contributed by atoms with E-state index in [1.54, 1.807) is 17.0 Å². The molecule has 80 heavy (non-hydrogen) atoms. The molecule has 11 rings (SSSR count). The molecule has 2 saturated heterocycles. The van der Waals surface area contributed by atoms with Gasteiger partial charge >= 0.3 is 6.09 Å². The number of alkyl carbamates (subject to hydrolysis) is 1. The Morgan fingerprint density at radius 1 is 0.525 bits per heavy atom. The van der Waals surface area contributed by atoms with Crippen molar-refractivity contribution in [2.45, 2.75) is 12.3 Å². The van der Waals surface area contributed by atoms with Crippen molar-refractivity contribution in [3.8, 4) is 11.1 Å². The molecule has 0 atom stereocenters. The van der Waals surface area contributed by atoms with Crippen molar-refractivity contribution in [1.29, 1.82) is 0 Å². The summed E-state index contributed by atoms with van der Waals surface area (Å²) in [6.45, 7) is 8.98. The molecule has 0 saturated carbocycles. The molecule has 18 nitrogen and oxygen atoms in total. The predicted molar refractivity (Wildman–Crippen MR) is 307 cm³/mol. The quantitative estimate of drug-likeness (QED) is 0.0619. The number of fused-ring (bicyclic) bond motifs is 3. The first kappa shape index (κ1) is 54.2.